The SMILES string of the molecule is CC1(C)OB(c2ccc(C(=O)Nc3cnn(CI)c3)cc2)OC1(C)C. The van der Waals surface area contributed by atoms with Crippen LogP contribution >= 0.6 is 22.6 Å². The zero-order valence-corrected chi connectivity index (χ0v) is 16.9. The fourth-order valence-corrected chi connectivity index (χ4v) is 2.84. The standard InChI is InChI=1S/C17H21BIN3O3/c1-16(2)17(3,4)25-18(24-16)13-7-5-12(6-8-13)15(23)21-14-9-20-22(10-14)11-19/h5-10H,11H2,1-4H3,(H,21,23). The molecule has 0 aliphatic carbocycles. The number of benzene rings is 1. The highest BCUT2D eigenvalue weighted by molar-refractivity contribution is 14.1. The molecular formula is C17H21BIN3O3. The highest BCUT2D eigenvalue weighted by atomic mass is 127. The van der Waals surface area contributed by atoms with Crippen molar-refractivity contribution in [1.82, 2.24) is 9.78 Å². The summed E-state index contributed by atoms with van der Waals surface area (Å²) >= 11 is 2.20. The summed E-state index contributed by atoms with van der Waals surface area (Å²) in [6.07, 6.45) is 3.43. The Morgan fingerprint density at radius 3 is 2.32 bits per heavy atom. The summed E-state index contributed by atoms with van der Waals surface area (Å²) in [6, 6.07) is 7.29. The van der Waals surface area contributed by atoms with Crippen LogP contribution in [0.4, 0.5) is 5.69 Å². The first-order valence-electron chi connectivity index (χ1n) is 8.07. The lowest BCUT2D eigenvalue weighted by atomic mass is 9.79. The number of aromatic nitrogens is 2. The van der Waals surface area contributed by atoms with Gasteiger partial charge in [-0.2, -0.15) is 5.10 Å². The Balaban J connectivity index is 1.69. The fourth-order valence-electron chi connectivity index (χ4n) is 2.47. The van der Waals surface area contributed by atoms with E-state index >= 15 is 0 Å². The number of hydrogen-bond donors (Lipinski definition) is 1. The van der Waals surface area contributed by atoms with Crippen molar-refractivity contribution in [3.8, 4) is 0 Å². The molecule has 1 aliphatic rings. The molecule has 3 rings (SSSR count). The van der Waals surface area contributed by atoms with E-state index in [0.717, 1.165) is 10.0 Å². The number of amides is 1. The number of nitrogens with zero attached hydrogens (tertiary/aromatic N) is 2. The molecule has 2 heterocycles. The van der Waals surface area contributed by atoms with Gasteiger partial charge in [-0.1, -0.05) is 34.7 Å². The summed E-state index contributed by atoms with van der Waals surface area (Å²) in [5.74, 6) is -0.173. The van der Waals surface area contributed by atoms with Crippen molar-refractivity contribution < 1.29 is 14.1 Å². The number of carbonyl (C=O) groups is 1. The second-order valence-corrected chi connectivity index (χ2v) is 7.73. The smallest absolute Gasteiger partial charge is 0.399 e. The molecule has 0 atom stereocenters. The first-order valence-corrected chi connectivity index (χ1v) is 9.60. The lowest BCUT2D eigenvalue weighted by molar-refractivity contribution is 0.00578. The summed E-state index contributed by atoms with van der Waals surface area (Å²) < 4.78 is 14.5. The van der Waals surface area contributed by atoms with Crippen molar-refractivity contribution in [1.29, 1.82) is 0 Å². The molecular weight excluding hydrogens is 432 g/mol. The number of rotatable bonds is 4. The third kappa shape index (κ3) is 3.75. The predicted molar refractivity (Wildman–Crippen MR) is 106 cm³/mol. The van der Waals surface area contributed by atoms with E-state index < -0.39 is 7.12 Å². The van der Waals surface area contributed by atoms with Gasteiger partial charge in [-0.25, -0.2) is 0 Å². The molecule has 1 aliphatic heterocycles. The number of alkyl halides is 1. The number of anilines is 1. The zero-order chi connectivity index (χ0) is 18.2. The van der Waals surface area contributed by atoms with Crippen LogP contribution in [0.1, 0.15) is 38.1 Å². The molecule has 1 fully saturated rings. The molecule has 0 radical (unpaired) electrons. The fraction of sp³-hybridized carbons (Fsp3) is 0.412. The Hall–Kier alpha value is -1.39. The summed E-state index contributed by atoms with van der Waals surface area (Å²) in [5, 5.41) is 6.98. The topological polar surface area (TPSA) is 65.4 Å². The maximum Gasteiger partial charge on any atom is 0.494 e. The Morgan fingerprint density at radius 1 is 1.20 bits per heavy atom. The van der Waals surface area contributed by atoms with Gasteiger partial charge >= 0.3 is 7.12 Å². The van der Waals surface area contributed by atoms with Crippen molar-refractivity contribution in [2.24, 2.45) is 0 Å². The molecule has 132 valence electrons. The van der Waals surface area contributed by atoms with Crippen LogP contribution in [0.15, 0.2) is 36.7 Å². The van der Waals surface area contributed by atoms with Crippen molar-refractivity contribution in [2.75, 3.05) is 5.32 Å². The normalized spacial score (nSPS) is 18.4. The van der Waals surface area contributed by atoms with E-state index in [2.05, 4.69) is 33.0 Å². The van der Waals surface area contributed by atoms with Crippen molar-refractivity contribution >= 4 is 46.8 Å². The number of hydrogen-bond acceptors (Lipinski definition) is 4. The number of halogens is 1. The lowest BCUT2D eigenvalue weighted by Crippen LogP contribution is -2.41. The Bertz CT molecular complexity index is 758. The summed E-state index contributed by atoms with van der Waals surface area (Å²) in [5.41, 5.74) is 1.38. The van der Waals surface area contributed by atoms with Crippen LogP contribution in [0.25, 0.3) is 0 Å². The van der Waals surface area contributed by atoms with Crippen LogP contribution in [-0.4, -0.2) is 34.0 Å². The van der Waals surface area contributed by atoms with Crippen LogP contribution in [0, 0.1) is 0 Å². The third-order valence-electron chi connectivity index (χ3n) is 4.71. The highest BCUT2D eigenvalue weighted by Gasteiger charge is 2.51. The zero-order valence-electron chi connectivity index (χ0n) is 14.7. The second kappa shape index (κ2) is 6.73. The largest absolute Gasteiger partial charge is 0.494 e. The molecule has 0 unspecified atom stereocenters. The van der Waals surface area contributed by atoms with Crippen molar-refractivity contribution in [3.05, 3.63) is 42.2 Å². The first-order chi connectivity index (χ1) is 11.7. The van der Waals surface area contributed by atoms with Crippen molar-refractivity contribution in [2.45, 2.75) is 43.4 Å². The van der Waals surface area contributed by atoms with Gasteiger partial charge in [0.15, 0.2) is 0 Å². The summed E-state index contributed by atoms with van der Waals surface area (Å²) in [4.78, 5) is 12.3. The van der Waals surface area contributed by atoms with E-state index in [0.29, 0.717) is 11.3 Å². The summed E-state index contributed by atoms with van der Waals surface area (Å²) in [6.45, 7) is 8.07. The van der Waals surface area contributed by atoms with Crippen LogP contribution in [0.5, 0.6) is 0 Å². The maximum atomic E-state index is 12.3. The molecule has 8 heteroatoms. The Labute approximate surface area is 161 Å². The lowest BCUT2D eigenvalue weighted by Gasteiger charge is -2.32. The van der Waals surface area contributed by atoms with E-state index in [1.807, 2.05) is 39.8 Å². The van der Waals surface area contributed by atoms with Gasteiger partial charge in [0.25, 0.3) is 5.91 Å². The molecule has 0 saturated carbocycles. The van der Waals surface area contributed by atoms with Gasteiger partial charge in [0.2, 0.25) is 0 Å². The van der Waals surface area contributed by atoms with Gasteiger partial charge < -0.3 is 14.6 Å². The molecule has 0 bridgehead atoms. The van der Waals surface area contributed by atoms with Gasteiger partial charge in [0.05, 0.1) is 27.6 Å². The molecule has 2 aromatic rings. The van der Waals surface area contributed by atoms with Crippen LogP contribution < -0.4 is 10.8 Å². The highest BCUT2D eigenvalue weighted by Crippen LogP contribution is 2.36. The van der Waals surface area contributed by atoms with Crippen LogP contribution in [0.2, 0.25) is 0 Å². The minimum absolute atomic E-state index is 0.173. The van der Waals surface area contributed by atoms with E-state index in [-0.39, 0.29) is 17.1 Å². The molecule has 6 nitrogen and oxygen atoms in total. The van der Waals surface area contributed by atoms with Crippen molar-refractivity contribution in [3.63, 3.8) is 0 Å². The predicted octanol–water partition coefficient (Wildman–Crippen LogP) is 2.83. The quantitative estimate of drug-likeness (QED) is 0.440. The minimum Gasteiger partial charge on any atom is -0.399 e. The van der Waals surface area contributed by atoms with E-state index in [1.165, 1.54) is 0 Å². The monoisotopic (exact) mass is 453 g/mol. The molecule has 0 spiro atoms. The summed E-state index contributed by atoms with van der Waals surface area (Å²) in [7, 11) is -0.427. The van der Waals surface area contributed by atoms with E-state index in [1.54, 1.807) is 29.2 Å². The number of nitrogens with one attached hydrogen (secondary N) is 1. The van der Waals surface area contributed by atoms with E-state index in [9.17, 15) is 4.79 Å². The Morgan fingerprint density at radius 2 is 1.80 bits per heavy atom. The minimum atomic E-state index is -0.427. The molecule has 1 saturated heterocycles. The van der Waals surface area contributed by atoms with Gasteiger partial charge in [-0.15, -0.1) is 0 Å². The molecule has 1 amide bonds. The first kappa shape index (κ1) is 18.4. The van der Waals surface area contributed by atoms with Gasteiger partial charge in [-0.3, -0.25) is 9.48 Å². The number of carbonyl (C=O) groups excluding carboxylic acids is 1. The second-order valence-electron chi connectivity index (χ2n) is 7.05. The molecule has 1 aromatic carbocycles. The molecule has 25 heavy (non-hydrogen) atoms. The van der Waals surface area contributed by atoms with Gasteiger partial charge in [0, 0.05) is 11.8 Å². The van der Waals surface area contributed by atoms with E-state index in [4.69, 9.17) is 9.31 Å². The Kier molecular flexibility index (Phi) is 4.96. The molecule has 1 N–H and O–H groups in total. The van der Waals surface area contributed by atoms with Gasteiger partial charge in [-0.05, 0) is 45.3 Å². The van der Waals surface area contributed by atoms with Crippen LogP contribution in [-0.2, 0) is 13.9 Å². The third-order valence-corrected chi connectivity index (χ3v) is 5.41. The molecule has 1 aromatic heterocycles. The average Bonchev–Trinajstić information content (AvgIpc) is 3.09. The van der Waals surface area contributed by atoms with Gasteiger partial charge in [0.1, 0.15) is 0 Å². The average molecular weight is 453 g/mol. The van der Waals surface area contributed by atoms with Crippen LogP contribution in [0.3, 0.4) is 0 Å². The maximum absolute atomic E-state index is 12.3.